The molecule has 0 atom stereocenters. The Hall–Kier alpha value is -1.75. The van der Waals surface area contributed by atoms with Crippen molar-refractivity contribution in [3.05, 3.63) is 41.7 Å². The summed E-state index contributed by atoms with van der Waals surface area (Å²) in [6.07, 6.45) is 2.94. The molecule has 0 saturated heterocycles. The third-order valence-electron chi connectivity index (χ3n) is 2.02. The molecule has 0 heterocycles. The number of halogens is 1. The van der Waals surface area contributed by atoms with Crippen molar-refractivity contribution in [2.45, 2.75) is 26.3 Å². The van der Waals surface area contributed by atoms with Gasteiger partial charge in [0, 0.05) is 11.6 Å². The molecule has 3 nitrogen and oxygen atoms in total. The summed E-state index contributed by atoms with van der Waals surface area (Å²) >= 11 is 5.00. The Balaban J connectivity index is 2.51. The minimum absolute atomic E-state index is 0.203. The van der Waals surface area contributed by atoms with E-state index >= 15 is 0 Å². The molecule has 0 spiro atoms. The zero-order valence-corrected chi connectivity index (χ0v) is 12.0. The molecule has 1 aromatic rings. The Bertz CT molecular complexity index is 489. The SMILES string of the molecule is CC(C)(C)NC(=S)NC(=O)C=Cc1ccc(F)cc1. The van der Waals surface area contributed by atoms with Gasteiger partial charge in [0.15, 0.2) is 5.11 Å². The predicted octanol–water partition coefficient (Wildman–Crippen LogP) is 2.63. The molecular formula is C14H17FN2OS. The number of hydrogen-bond donors (Lipinski definition) is 2. The van der Waals surface area contributed by atoms with Crippen LogP contribution in [0.5, 0.6) is 0 Å². The van der Waals surface area contributed by atoms with E-state index in [0.717, 1.165) is 5.56 Å². The van der Waals surface area contributed by atoms with E-state index < -0.39 is 0 Å². The summed E-state index contributed by atoms with van der Waals surface area (Å²) < 4.78 is 12.7. The standard InChI is InChI=1S/C14H17FN2OS/c1-14(2,3)17-13(19)16-12(18)9-6-10-4-7-11(15)8-5-10/h4-9H,1-3H3,(H2,16,17,18,19). The number of hydrogen-bond acceptors (Lipinski definition) is 2. The minimum atomic E-state index is -0.328. The van der Waals surface area contributed by atoms with Gasteiger partial charge in [0.1, 0.15) is 5.82 Å². The summed E-state index contributed by atoms with van der Waals surface area (Å²) in [5.41, 5.74) is 0.539. The number of nitrogens with one attached hydrogen (secondary N) is 2. The highest BCUT2D eigenvalue weighted by molar-refractivity contribution is 7.80. The molecule has 2 N–H and O–H groups in total. The number of amides is 1. The Morgan fingerprint density at radius 1 is 1.26 bits per heavy atom. The first-order valence-electron chi connectivity index (χ1n) is 5.83. The maximum Gasteiger partial charge on any atom is 0.250 e. The quantitative estimate of drug-likeness (QED) is 0.646. The van der Waals surface area contributed by atoms with Crippen LogP contribution in [0.1, 0.15) is 26.3 Å². The van der Waals surface area contributed by atoms with Gasteiger partial charge < -0.3 is 5.32 Å². The van der Waals surface area contributed by atoms with Gasteiger partial charge in [-0.1, -0.05) is 12.1 Å². The van der Waals surface area contributed by atoms with E-state index in [2.05, 4.69) is 10.6 Å². The summed E-state index contributed by atoms with van der Waals surface area (Å²) in [5, 5.41) is 5.79. The second-order valence-corrected chi connectivity index (χ2v) is 5.49. The number of thiocarbonyl (C=S) groups is 1. The zero-order chi connectivity index (χ0) is 14.5. The summed E-state index contributed by atoms with van der Waals surface area (Å²) in [6, 6.07) is 5.85. The van der Waals surface area contributed by atoms with Crippen LogP contribution in [0.2, 0.25) is 0 Å². The largest absolute Gasteiger partial charge is 0.358 e. The molecular weight excluding hydrogens is 263 g/mol. The van der Waals surface area contributed by atoms with Crippen LogP contribution in [0, 0.1) is 5.82 Å². The van der Waals surface area contributed by atoms with Crippen molar-refractivity contribution in [1.29, 1.82) is 0 Å². The molecule has 1 aromatic carbocycles. The van der Waals surface area contributed by atoms with Crippen molar-refractivity contribution in [2.24, 2.45) is 0 Å². The Morgan fingerprint density at radius 2 is 1.84 bits per heavy atom. The second-order valence-electron chi connectivity index (χ2n) is 5.08. The monoisotopic (exact) mass is 280 g/mol. The molecule has 0 aromatic heterocycles. The normalized spacial score (nSPS) is 11.4. The highest BCUT2D eigenvalue weighted by Gasteiger charge is 2.11. The van der Waals surface area contributed by atoms with Crippen LogP contribution in [0.15, 0.2) is 30.3 Å². The predicted molar refractivity (Wildman–Crippen MR) is 79.1 cm³/mol. The zero-order valence-electron chi connectivity index (χ0n) is 11.2. The maximum absolute atomic E-state index is 12.7. The third kappa shape index (κ3) is 6.67. The van der Waals surface area contributed by atoms with E-state index in [0.29, 0.717) is 0 Å². The fourth-order valence-electron chi connectivity index (χ4n) is 1.27. The van der Waals surface area contributed by atoms with E-state index in [4.69, 9.17) is 12.2 Å². The lowest BCUT2D eigenvalue weighted by atomic mass is 10.1. The summed E-state index contributed by atoms with van der Waals surface area (Å²) in [6.45, 7) is 5.83. The van der Waals surface area contributed by atoms with E-state index in [9.17, 15) is 9.18 Å². The van der Waals surface area contributed by atoms with Gasteiger partial charge in [-0.25, -0.2) is 4.39 Å². The number of carbonyl (C=O) groups excluding carboxylic acids is 1. The maximum atomic E-state index is 12.7. The highest BCUT2D eigenvalue weighted by atomic mass is 32.1. The molecule has 0 aliphatic heterocycles. The van der Waals surface area contributed by atoms with Crippen LogP contribution in [0.4, 0.5) is 4.39 Å². The number of rotatable bonds is 2. The van der Waals surface area contributed by atoms with Gasteiger partial charge >= 0.3 is 0 Å². The molecule has 1 amide bonds. The van der Waals surface area contributed by atoms with Gasteiger partial charge in [-0.2, -0.15) is 0 Å². The molecule has 0 radical (unpaired) electrons. The van der Waals surface area contributed by atoms with Gasteiger partial charge in [-0.3, -0.25) is 10.1 Å². The number of carbonyl (C=O) groups is 1. The summed E-state index contributed by atoms with van der Waals surface area (Å²) in [7, 11) is 0. The van der Waals surface area contributed by atoms with Crippen molar-refractivity contribution in [3.63, 3.8) is 0 Å². The lowest BCUT2D eigenvalue weighted by Gasteiger charge is -2.22. The van der Waals surface area contributed by atoms with Crippen molar-refractivity contribution in [2.75, 3.05) is 0 Å². The van der Waals surface area contributed by atoms with Crippen LogP contribution in [0.3, 0.4) is 0 Å². The molecule has 19 heavy (non-hydrogen) atoms. The second kappa shape index (κ2) is 6.43. The first kappa shape index (κ1) is 15.3. The topological polar surface area (TPSA) is 41.1 Å². The molecule has 0 aliphatic rings. The molecule has 0 fully saturated rings. The summed E-state index contributed by atoms with van der Waals surface area (Å²) in [5.74, 6) is -0.636. The first-order valence-corrected chi connectivity index (χ1v) is 6.24. The highest BCUT2D eigenvalue weighted by Crippen LogP contribution is 2.04. The lowest BCUT2D eigenvalue weighted by molar-refractivity contribution is -0.115. The molecule has 0 aliphatic carbocycles. The average molecular weight is 280 g/mol. The van der Waals surface area contributed by atoms with Gasteiger partial charge in [-0.15, -0.1) is 0 Å². The molecule has 0 unspecified atom stereocenters. The molecule has 1 rings (SSSR count). The van der Waals surface area contributed by atoms with E-state index in [1.54, 1.807) is 18.2 Å². The van der Waals surface area contributed by atoms with Crippen molar-refractivity contribution >= 4 is 29.3 Å². The Labute approximate surface area is 117 Å². The van der Waals surface area contributed by atoms with Crippen molar-refractivity contribution in [1.82, 2.24) is 10.6 Å². The van der Waals surface area contributed by atoms with Crippen molar-refractivity contribution in [3.8, 4) is 0 Å². The minimum Gasteiger partial charge on any atom is -0.358 e. The van der Waals surface area contributed by atoms with Crippen LogP contribution in [0.25, 0.3) is 6.08 Å². The van der Waals surface area contributed by atoms with Gasteiger partial charge in [0.05, 0.1) is 0 Å². The van der Waals surface area contributed by atoms with Gasteiger partial charge in [-0.05, 0) is 56.8 Å². The third-order valence-corrected chi connectivity index (χ3v) is 2.23. The van der Waals surface area contributed by atoms with Gasteiger partial charge in [0.25, 0.3) is 0 Å². The van der Waals surface area contributed by atoms with Crippen LogP contribution < -0.4 is 10.6 Å². The molecule has 0 bridgehead atoms. The number of benzene rings is 1. The molecule has 0 saturated carbocycles. The van der Waals surface area contributed by atoms with E-state index in [1.165, 1.54) is 18.2 Å². The smallest absolute Gasteiger partial charge is 0.250 e. The van der Waals surface area contributed by atoms with Crippen LogP contribution >= 0.6 is 12.2 Å². The fraction of sp³-hybridized carbons (Fsp3) is 0.286. The van der Waals surface area contributed by atoms with E-state index in [1.807, 2.05) is 20.8 Å². The van der Waals surface area contributed by atoms with Gasteiger partial charge in [0.2, 0.25) is 5.91 Å². The summed E-state index contributed by atoms with van der Waals surface area (Å²) in [4.78, 5) is 11.6. The van der Waals surface area contributed by atoms with Crippen LogP contribution in [-0.4, -0.2) is 16.6 Å². The lowest BCUT2D eigenvalue weighted by Crippen LogP contribution is -2.47. The first-order chi connectivity index (χ1) is 8.76. The van der Waals surface area contributed by atoms with Crippen LogP contribution in [-0.2, 0) is 4.79 Å². The molecule has 102 valence electrons. The molecule has 5 heteroatoms. The Kier molecular flexibility index (Phi) is 5.18. The fourth-order valence-corrected chi connectivity index (χ4v) is 1.68. The average Bonchev–Trinajstić information content (AvgIpc) is 2.25. The Morgan fingerprint density at radius 3 is 2.37 bits per heavy atom. The van der Waals surface area contributed by atoms with Crippen molar-refractivity contribution < 1.29 is 9.18 Å². The van der Waals surface area contributed by atoms with E-state index in [-0.39, 0.29) is 22.4 Å².